The first-order valence-electron chi connectivity index (χ1n) is 6.58. The van der Waals surface area contributed by atoms with Gasteiger partial charge in [-0.05, 0) is 38.6 Å². The number of aromatic nitrogens is 2. The zero-order chi connectivity index (χ0) is 14.5. The molecule has 2 aromatic heterocycles. The van der Waals surface area contributed by atoms with E-state index in [-0.39, 0.29) is 0 Å². The van der Waals surface area contributed by atoms with Crippen molar-refractivity contribution >= 4 is 11.6 Å². The highest BCUT2D eigenvalue weighted by Crippen LogP contribution is 2.25. The van der Waals surface area contributed by atoms with Crippen LogP contribution in [0.5, 0.6) is 11.6 Å². The Morgan fingerprint density at radius 2 is 1.95 bits per heavy atom. The number of halogens is 1. The van der Waals surface area contributed by atoms with Crippen molar-refractivity contribution in [3.8, 4) is 11.6 Å². The molecule has 2 aromatic rings. The molecule has 2 heterocycles. The van der Waals surface area contributed by atoms with Gasteiger partial charge in [0.25, 0.3) is 0 Å². The fraction of sp³-hybridized carbons (Fsp3) is 0.333. The molecule has 0 aliphatic heterocycles. The second-order valence-corrected chi connectivity index (χ2v) is 4.87. The van der Waals surface area contributed by atoms with Gasteiger partial charge in [0.05, 0.1) is 16.4 Å². The molecule has 0 saturated carbocycles. The Morgan fingerprint density at radius 3 is 2.65 bits per heavy atom. The van der Waals surface area contributed by atoms with Crippen molar-refractivity contribution in [2.24, 2.45) is 0 Å². The van der Waals surface area contributed by atoms with E-state index in [1.165, 1.54) is 0 Å². The molecular weight excluding hydrogens is 274 g/mol. The summed E-state index contributed by atoms with van der Waals surface area (Å²) in [7, 11) is 1.85. The van der Waals surface area contributed by atoms with E-state index in [9.17, 15) is 0 Å². The first-order chi connectivity index (χ1) is 9.63. The molecule has 0 aromatic carbocycles. The van der Waals surface area contributed by atoms with Crippen molar-refractivity contribution in [2.75, 3.05) is 7.05 Å². The molecule has 2 rings (SSSR count). The summed E-state index contributed by atoms with van der Waals surface area (Å²) in [6, 6.07) is 7.42. The van der Waals surface area contributed by atoms with Crippen LogP contribution in [0.4, 0.5) is 0 Å². The number of hydrogen-bond donors (Lipinski definition) is 1. The van der Waals surface area contributed by atoms with Crippen LogP contribution in [0.25, 0.3) is 0 Å². The maximum atomic E-state index is 6.09. The van der Waals surface area contributed by atoms with Gasteiger partial charge in [-0.15, -0.1) is 0 Å². The summed E-state index contributed by atoms with van der Waals surface area (Å²) in [5.74, 6) is 1.27. The van der Waals surface area contributed by atoms with Gasteiger partial charge in [-0.25, -0.2) is 4.98 Å². The van der Waals surface area contributed by atoms with Gasteiger partial charge in [0.1, 0.15) is 0 Å². The first kappa shape index (κ1) is 14.8. The van der Waals surface area contributed by atoms with Gasteiger partial charge < -0.3 is 10.1 Å². The molecule has 1 N–H and O–H groups in total. The van der Waals surface area contributed by atoms with Gasteiger partial charge >= 0.3 is 0 Å². The number of nitrogens with one attached hydrogen (secondary N) is 1. The predicted molar refractivity (Wildman–Crippen MR) is 80.4 cm³/mol. The van der Waals surface area contributed by atoms with Crippen molar-refractivity contribution in [2.45, 2.75) is 26.8 Å². The Bertz CT molecular complexity index is 602. The summed E-state index contributed by atoms with van der Waals surface area (Å²) in [6.45, 7) is 4.62. The minimum atomic E-state index is 0.528. The summed E-state index contributed by atoms with van der Waals surface area (Å²) in [5.41, 5.74) is 2.68. The van der Waals surface area contributed by atoms with Crippen LogP contribution in [-0.2, 0) is 13.0 Å². The van der Waals surface area contributed by atoms with Gasteiger partial charge in [0, 0.05) is 18.3 Å². The quantitative estimate of drug-likeness (QED) is 0.916. The maximum Gasteiger partial charge on any atom is 0.219 e. The van der Waals surface area contributed by atoms with Crippen LogP contribution in [-0.4, -0.2) is 17.0 Å². The van der Waals surface area contributed by atoms with E-state index in [1.807, 2.05) is 26.1 Å². The summed E-state index contributed by atoms with van der Waals surface area (Å²) >= 11 is 6.09. The molecule has 0 radical (unpaired) electrons. The van der Waals surface area contributed by atoms with Crippen LogP contribution in [0.3, 0.4) is 0 Å². The molecule has 0 aliphatic rings. The molecule has 0 unspecified atom stereocenters. The van der Waals surface area contributed by atoms with Crippen LogP contribution >= 0.6 is 11.6 Å². The fourth-order valence-electron chi connectivity index (χ4n) is 1.87. The van der Waals surface area contributed by atoms with E-state index in [0.717, 1.165) is 29.3 Å². The van der Waals surface area contributed by atoms with E-state index >= 15 is 0 Å². The first-order valence-corrected chi connectivity index (χ1v) is 6.96. The smallest absolute Gasteiger partial charge is 0.219 e. The Hall–Kier alpha value is -1.65. The molecule has 0 atom stereocenters. The minimum absolute atomic E-state index is 0.528. The standard InChI is InChI=1S/C15H18ClN3O/c1-4-12-14(7-5-10(2)18-12)20-15-8-6-11(16)13(19-15)9-17-3/h5-8,17H,4,9H2,1-3H3. The third-order valence-corrected chi connectivity index (χ3v) is 3.20. The number of aryl methyl sites for hydroxylation is 2. The molecule has 106 valence electrons. The third-order valence-electron chi connectivity index (χ3n) is 2.86. The lowest BCUT2D eigenvalue weighted by Gasteiger charge is -2.11. The van der Waals surface area contributed by atoms with Crippen molar-refractivity contribution in [1.82, 2.24) is 15.3 Å². The number of nitrogens with zero attached hydrogens (tertiary/aromatic N) is 2. The molecular formula is C15H18ClN3O. The largest absolute Gasteiger partial charge is 0.437 e. The molecule has 0 bridgehead atoms. The molecule has 5 heteroatoms. The van der Waals surface area contributed by atoms with E-state index < -0.39 is 0 Å². The highest BCUT2D eigenvalue weighted by atomic mass is 35.5. The van der Waals surface area contributed by atoms with Crippen LogP contribution in [0.2, 0.25) is 5.02 Å². The molecule has 4 nitrogen and oxygen atoms in total. The van der Waals surface area contributed by atoms with E-state index in [4.69, 9.17) is 16.3 Å². The third kappa shape index (κ3) is 3.46. The lowest BCUT2D eigenvalue weighted by Crippen LogP contribution is -2.08. The molecule has 0 saturated heterocycles. The van der Waals surface area contributed by atoms with E-state index in [2.05, 4.69) is 22.2 Å². The number of rotatable bonds is 5. The highest BCUT2D eigenvalue weighted by Gasteiger charge is 2.08. The second kappa shape index (κ2) is 6.68. The normalized spacial score (nSPS) is 10.6. The number of ether oxygens (including phenoxy) is 1. The SMILES string of the molecule is CCc1nc(C)ccc1Oc1ccc(Cl)c(CNC)n1. The Kier molecular flexibility index (Phi) is 4.93. The monoisotopic (exact) mass is 291 g/mol. The molecule has 0 amide bonds. The predicted octanol–water partition coefficient (Wildman–Crippen LogP) is 3.51. The highest BCUT2D eigenvalue weighted by molar-refractivity contribution is 6.31. The Morgan fingerprint density at radius 1 is 1.15 bits per heavy atom. The van der Waals surface area contributed by atoms with E-state index in [1.54, 1.807) is 12.1 Å². The van der Waals surface area contributed by atoms with E-state index in [0.29, 0.717) is 17.4 Å². The van der Waals surface area contributed by atoms with Crippen molar-refractivity contribution < 1.29 is 4.74 Å². The average Bonchev–Trinajstić information content (AvgIpc) is 2.44. The Balaban J connectivity index is 2.28. The van der Waals surface area contributed by atoms with Crippen molar-refractivity contribution in [1.29, 1.82) is 0 Å². The molecule has 20 heavy (non-hydrogen) atoms. The molecule has 0 fully saturated rings. The fourth-order valence-corrected chi connectivity index (χ4v) is 2.04. The van der Waals surface area contributed by atoms with Crippen molar-refractivity contribution in [3.05, 3.63) is 46.4 Å². The lowest BCUT2D eigenvalue weighted by atomic mass is 10.2. The number of hydrogen-bond acceptors (Lipinski definition) is 4. The topological polar surface area (TPSA) is 47.0 Å². The summed E-state index contributed by atoms with van der Waals surface area (Å²) in [5, 5.41) is 3.66. The van der Waals surface area contributed by atoms with Crippen molar-refractivity contribution in [3.63, 3.8) is 0 Å². The zero-order valence-electron chi connectivity index (χ0n) is 11.9. The second-order valence-electron chi connectivity index (χ2n) is 4.46. The summed E-state index contributed by atoms with van der Waals surface area (Å²) in [6.07, 6.45) is 0.813. The van der Waals surface area contributed by atoms with Crippen LogP contribution < -0.4 is 10.1 Å². The summed E-state index contributed by atoms with van der Waals surface area (Å²) in [4.78, 5) is 8.88. The van der Waals surface area contributed by atoms with Crippen LogP contribution in [0.15, 0.2) is 24.3 Å². The maximum absolute atomic E-state index is 6.09. The van der Waals surface area contributed by atoms with Crippen LogP contribution in [0, 0.1) is 6.92 Å². The van der Waals surface area contributed by atoms with Crippen LogP contribution in [0.1, 0.15) is 24.0 Å². The minimum Gasteiger partial charge on any atom is -0.437 e. The van der Waals surface area contributed by atoms with Gasteiger partial charge in [-0.2, -0.15) is 0 Å². The summed E-state index contributed by atoms with van der Waals surface area (Å²) < 4.78 is 5.84. The lowest BCUT2D eigenvalue weighted by molar-refractivity contribution is 0.451. The number of pyridine rings is 2. The van der Waals surface area contributed by atoms with Gasteiger partial charge in [0.15, 0.2) is 5.75 Å². The van der Waals surface area contributed by atoms with Gasteiger partial charge in [0.2, 0.25) is 5.88 Å². The Labute approximate surface area is 124 Å². The molecule has 0 aliphatic carbocycles. The zero-order valence-corrected chi connectivity index (χ0v) is 12.7. The van der Waals surface area contributed by atoms with Gasteiger partial charge in [-0.3, -0.25) is 4.98 Å². The van der Waals surface area contributed by atoms with Gasteiger partial charge in [-0.1, -0.05) is 18.5 Å². The molecule has 0 spiro atoms. The average molecular weight is 292 g/mol.